The van der Waals surface area contributed by atoms with Crippen LogP contribution >= 0.6 is 0 Å². The Hall–Kier alpha value is -3.21. The van der Waals surface area contributed by atoms with Crippen molar-refractivity contribution < 1.29 is 13.9 Å². The molecule has 4 nitrogen and oxygen atoms in total. The second kappa shape index (κ2) is 8.50. The lowest BCUT2D eigenvalue weighted by Gasteiger charge is -2.30. The predicted octanol–water partition coefficient (Wildman–Crippen LogP) is 5.20. The minimum absolute atomic E-state index is 0.146. The van der Waals surface area contributed by atoms with E-state index >= 15 is 0 Å². The van der Waals surface area contributed by atoms with Crippen LogP contribution in [0.4, 0.5) is 4.39 Å². The van der Waals surface area contributed by atoms with Crippen LogP contribution < -0.4 is 4.74 Å². The zero-order chi connectivity index (χ0) is 22.1. The Kier molecular flexibility index (Phi) is 5.77. The molecule has 0 spiro atoms. The predicted molar refractivity (Wildman–Crippen MR) is 119 cm³/mol. The van der Waals surface area contributed by atoms with E-state index in [1.54, 1.807) is 24.1 Å². The first-order valence-corrected chi connectivity index (χ1v) is 10.5. The third-order valence-corrected chi connectivity index (χ3v) is 6.18. The molecule has 0 N–H and O–H groups in total. The summed E-state index contributed by atoms with van der Waals surface area (Å²) < 4.78 is 19.5. The van der Waals surface area contributed by atoms with Crippen LogP contribution in [0, 0.1) is 19.7 Å². The molecule has 1 aliphatic rings. The highest BCUT2D eigenvalue weighted by Crippen LogP contribution is 2.31. The quantitative estimate of drug-likeness (QED) is 0.585. The molecule has 2 heterocycles. The highest BCUT2D eigenvalue weighted by molar-refractivity contribution is 5.94. The van der Waals surface area contributed by atoms with Crippen LogP contribution in [-0.2, 0) is 13.0 Å². The molecule has 0 saturated heterocycles. The summed E-state index contributed by atoms with van der Waals surface area (Å²) in [5, 5.41) is 0. The molecule has 4 rings (SSSR count). The number of amides is 1. The summed E-state index contributed by atoms with van der Waals surface area (Å²) in [6.45, 7) is 7.17. The van der Waals surface area contributed by atoms with Crippen LogP contribution in [0.3, 0.4) is 0 Å². The molecule has 0 aliphatic carbocycles. The number of aryl methyl sites for hydroxylation is 2. The molecule has 0 bridgehead atoms. The van der Waals surface area contributed by atoms with Crippen molar-refractivity contribution in [3.8, 4) is 5.88 Å². The van der Waals surface area contributed by atoms with E-state index in [0.29, 0.717) is 19.0 Å². The number of carbonyl (C=O) groups is 1. The first-order valence-electron chi connectivity index (χ1n) is 10.5. The van der Waals surface area contributed by atoms with Gasteiger partial charge in [0.2, 0.25) is 5.88 Å². The topological polar surface area (TPSA) is 42.4 Å². The van der Waals surface area contributed by atoms with Gasteiger partial charge in [-0.25, -0.2) is 9.37 Å². The summed E-state index contributed by atoms with van der Waals surface area (Å²) in [5.41, 5.74) is 6.83. The van der Waals surface area contributed by atoms with E-state index in [1.807, 2.05) is 19.2 Å². The Labute approximate surface area is 182 Å². The van der Waals surface area contributed by atoms with Crippen LogP contribution in [-0.4, -0.2) is 29.4 Å². The molecule has 1 aromatic heterocycles. The Morgan fingerprint density at radius 1 is 1.13 bits per heavy atom. The standard InChI is InChI=1S/C26H27FN2O2/c1-16-5-8-24(27)22(11-16)26(30)29-10-9-19-6-7-20(13-21(19)15-29)18(3)23-14-28-25(31-4)12-17(23)2/h5-8,11-14,18H,9-10,15H2,1-4H3/t18-/m1/s1. The molecule has 31 heavy (non-hydrogen) atoms. The van der Waals surface area contributed by atoms with Crippen LogP contribution in [0.1, 0.15) is 56.6 Å². The fourth-order valence-electron chi connectivity index (χ4n) is 4.28. The minimum Gasteiger partial charge on any atom is -0.481 e. The van der Waals surface area contributed by atoms with E-state index in [0.717, 1.165) is 28.7 Å². The van der Waals surface area contributed by atoms with Crippen LogP contribution in [0.5, 0.6) is 5.88 Å². The molecule has 0 saturated carbocycles. The first kappa shape index (κ1) is 21.0. The van der Waals surface area contributed by atoms with Crippen LogP contribution in [0.15, 0.2) is 48.7 Å². The van der Waals surface area contributed by atoms with Gasteiger partial charge in [0.15, 0.2) is 0 Å². The van der Waals surface area contributed by atoms with Gasteiger partial charge in [0.1, 0.15) is 5.82 Å². The summed E-state index contributed by atoms with van der Waals surface area (Å²) in [4.78, 5) is 19.1. The average molecular weight is 419 g/mol. The van der Waals surface area contributed by atoms with Crippen molar-refractivity contribution in [1.29, 1.82) is 0 Å². The second-order valence-corrected chi connectivity index (χ2v) is 8.29. The SMILES string of the molecule is COc1cc(C)c([C@H](C)c2ccc3c(c2)CN(C(=O)c2cc(C)ccc2F)CC3)cn1. The lowest BCUT2D eigenvalue weighted by Crippen LogP contribution is -2.36. The minimum atomic E-state index is -0.466. The summed E-state index contributed by atoms with van der Waals surface area (Å²) >= 11 is 0. The summed E-state index contributed by atoms with van der Waals surface area (Å²) in [7, 11) is 1.62. The number of benzene rings is 2. The van der Waals surface area contributed by atoms with E-state index in [9.17, 15) is 9.18 Å². The van der Waals surface area contributed by atoms with Crippen molar-refractivity contribution in [1.82, 2.24) is 9.88 Å². The molecule has 1 aliphatic heterocycles. The van der Waals surface area contributed by atoms with Gasteiger partial charge in [0, 0.05) is 31.3 Å². The zero-order valence-corrected chi connectivity index (χ0v) is 18.4. The molecule has 0 unspecified atom stereocenters. The number of carbonyl (C=O) groups excluding carboxylic acids is 1. The van der Waals surface area contributed by atoms with Crippen LogP contribution in [0.25, 0.3) is 0 Å². The van der Waals surface area contributed by atoms with Gasteiger partial charge in [-0.3, -0.25) is 4.79 Å². The van der Waals surface area contributed by atoms with Crippen molar-refractivity contribution in [3.05, 3.63) is 93.4 Å². The van der Waals surface area contributed by atoms with Gasteiger partial charge >= 0.3 is 0 Å². The fraction of sp³-hybridized carbons (Fsp3) is 0.308. The third-order valence-electron chi connectivity index (χ3n) is 6.18. The highest BCUT2D eigenvalue weighted by Gasteiger charge is 2.25. The number of ether oxygens (including phenoxy) is 1. The molecule has 160 valence electrons. The normalized spacial score (nSPS) is 14.2. The molecule has 0 radical (unpaired) electrons. The second-order valence-electron chi connectivity index (χ2n) is 8.29. The molecule has 1 amide bonds. The van der Waals surface area contributed by atoms with Gasteiger partial charge in [-0.2, -0.15) is 0 Å². The Morgan fingerprint density at radius 3 is 2.68 bits per heavy atom. The molecule has 3 aromatic rings. The first-order chi connectivity index (χ1) is 14.9. The van der Waals surface area contributed by atoms with Crippen molar-refractivity contribution in [2.45, 2.75) is 39.7 Å². The lowest BCUT2D eigenvalue weighted by molar-refractivity contribution is 0.0730. The molecular formula is C26H27FN2O2. The van der Waals surface area contributed by atoms with Gasteiger partial charge in [0.05, 0.1) is 12.7 Å². The number of methoxy groups -OCH3 is 1. The van der Waals surface area contributed by atoms with Crippen molar-refractivity contribution in [2.75, 3.05) is 13.7 Å². The molecule has 5 heteroatoms. The maximum atomic E-state index is 14.3. The lowest BCUT2D eigenvalue weighted by atomic mass is 9.88. The van der Waals surface area contributed by atoms with E-state index in [-0.39, 0.29) is 17.4 Å². The number of aromatic nitrogens is 1. The number of hydrogen-bond donors (Lipinski definition) is 0. The molecule has 1 atom stereocenters. The van der Waals surface area contributed by atoms with Crippen molar-refractivity contribution >= 4 is 5.91 Å². The summed E-state index contributed by atoms with van der Waals surface area (Å²) in [6, 6.07) is 13.1. The Bertz CT molecular complexity index is 1140. The van der Waals surface area contributed by atoms with E-state index in [4.69, 9.17) is 4.74 Å². The summed E-state index contributed by atoms with van der Waals surface area (Å²) in [6.07, 6.45) is 2.64. The van der Waals surface area contributed by atoms with Crippen molar-refractivity contribution in [2.24, 2.45) is 0 Å². The third kappa shape index (κ3) is 4.18. The van der Waals surface area contributed by atoms with E-state index in [1.165, 1.54) is 17.2 Å². The maximum absolute atomic E-state index is 14.3. The number of fused-ring (bicyclic) bond motifs is 1. The number of hydrogen-bond acceptors (Lipinski definition) is 3. The number of nitrogens with zero attached hydrogens (tertiary/aromatic N) is 2. The van der Waals surface area contributed by atoms with Crippen LogP contribution in [0.2, 0.25) is 0 Å². The monoisotopic (exact) mass is 418 g/mol. The molecular weight excluding hydrogens is 391 g/mol. The van der Waals surface area contributed by atoms with Gasteiger partial charge in [-0.1, -0.05) is 36.8 Å². The Balaban J connectivity index is 1.59. The number of halogens is 1. The van der Waals surface area contributed by atoms with Gasteiger partial charge in [-0.15, -0.1) is 0 Å². The highest BCUT2D eigenvalue weighted by atomic mass is 19.1. The number of pyridine rings is 1. The Morgan fingerprint density at radius 2 is 1.94 bits per heavy atom. The molecule has 2 aromatic carbocycles. The number of rotatable bonds is 4. The molecule has 0 fully saturated rings. The van der Waals surface area contributed by atoms with Crippen molar-refractivity contribution in [3.63, 3.8) is 0 Å². The largest absolute Gasteiger partial charge is 0.481 e. The van der Waals surface area contributed by atoms with Gasteiger partial charge in [0.25, 0.3) is 5.91 Å². The smallest absolute Gasteiger partial charge is 0.257 e. The zero-order valence-electron chi connectivity index (χ0n) is 18.4. The van der Waals surface area contributed by atoms with E-state index in [2.05, 4.69) is 37.0 Å². The van der Waals surface area contributed by atoms with Gasteiger partial charge < -0.3 is 9.64 Å². The average Bonchev–Trinajstić information content (AvgIpc) is 2.78. The van der Waals surface area contributed by atoms with Gasteiger partial charge in [-0.05, 0) is 60.2 Å². The van der Waals surface area contributed by atoms with E-state index < -0.39 is 5.82 Å². The maximum Gasteiger partial charge on any atom is 0.257 e. The fourth-order valence-corrected chi connectivity index (χ4v) is 4.28. The summed E-state index contributed by atoms with van der Waals surface area (Å²) in [5.74, 6) is 0.0483.